The summed E-state index contributed by atoms with van der Waals surface area (Å²) in [5.41, 5.74) is 2.61. The summed E-state index contributed by atoms with van der Waals surface area (Å²) in [7, 11) is 0. The molecule has 0 aromatic heterocycles. The van der Waals surface area contributed by atoms with Crippen molar-refractivity contribution in [3.63, 3.8) is 0 Å². The first-order chi connectivity index (χ1) is 7.72. The van der Waals surface area contributed by atoms with Crippen LogP contribution in [-0.4, -0.2) is 56.5 Å². The van der Waals surface area contributed by atoms with Gasteiger partial charge in [0.1, 0.15) is 6.54 Å². The topological polar surface area (TPSA) is 79.9 Å². The van der Waals surface area contributed by atoms with Crippen LogP contribution in [0.25, 0.3) is 0 Å². The first kappa shape index (κ1) is 12.7. The number of ether oxygens (including phenoxy) is 2. The van der Waals surface area contributed by atoms with Crippen LogP contribution in [0, 0.1) is 0 Å². The van der Waals surface area contributed by atoms with Crippen LogP contribution in [-0.2, 0) is 14.3 Å². The molecule has 1 fully saturated rings. The van der Waals surface area contributed by atoms with Crippen molar-refractivity contribution in [3.8, 4) is 0 Å². The highest BCUT2D eigenvalue weighted by Crippen LogP contribution is 1.91. The van der Waals surface area contributed by atoms with E-state index in [1.54, 1.807) is 11.9 Å². The summed E-state index contributed by atoms with van der Waals surface area (Å²) in [6.45, 7) is 4.39. The molecule has 2 amide bonds. The van der Waals surface area contributed by atoms with Crippen molar-refractivity contribution >= 4 is 12.0 Å². The summed E-state index contributed by atoms with van der Waals surface area (Å²) in [5, 5.41) is 4.15. The molecule has 0 bridgehead atoms. The third-order valence-corrected chi connectivity index (χ3v) is 1.97. The highest BCUT2D eigenvalue weighted by atomic mass is 16.5. The number of morpholine rings is 1. The molecule has 0 radical (unpaired) electrons. The van der Waals surface area contributed by atoms with Crippen molar-refractivity contribution < 1.29 is 19.1 Å². The van der Waals surface area contributed by atoms with Gasteiger partial charge in [0.2, 0.25) is 0 Å². The van der Waals surface area contributed by atoms with Crippen molar-refractivity contribution in [2.45, 2.75) is 6.92 Å². The zero-order chi connectivity index (χ0) is 11.8. The van der Waals surface area contributed by atoms with E-state index in [0.717, 1.165) is 0 Å². The molecule has 0 spiro atoms. The van der Waals surface area contributed by atoms with Crippen LogP contribution in [0.3, 0.4) is 0 Å². The number of amides is 2. The van der Waals surface area contributed by atoms with Crippen molar-refractivity contribution in [1.82, 2.24) is 15.8 Å². The standard InChI is InChI=1S/C9H17N3O4/c1-2-16-8(13)7-10-9(14)11-12-3-5-15-6-4-12/h2-7H2,1H3,(H2,10,11,14). The minimum absolute atomic E-state index is 0.121. The number of urea groups is 1. The van der Waals surface area contributed by atoms with Gasteiger partial charge in [-0.2, -0.15) is 0 Å². The number of nitrogens with one attached hydrogen (secondary N) is 2. The molecular weight excluding hydrogens is 214 g/mol. The lowest BCUT2D eigenvalue weighted by molar-refractivity contribution is -0.141. The summed E-state index contributed by atoms with van der Waals surface area (Å²) < 4.78 is 9.79. The molecule has 0 aromatic rings. The van der Waals surface area contributed by atoms with Gasteiger partial charge in [0.25, 0.3) is 0 Å². The summed E-state index contributed by atoms with van der Waals surface area (Å²) in [6.07, 6.45) is 0. The Labute approximate surface area is 94.0 Å². The predicted octanol–water partition coefficient (Wildman–Crippen LogP) is -0.904. The summed E-state index contributed by atoms with van der Waals surface area (Å²) in [6, 6.07) is -0.407. The molecular formula is C9H17N3O4. The Kier molecular flexibility index (Phi) is 5.58. The van der Waals surface area contributed by atoms with E-state index in [2.05, 4.69) is 15.5 Å². The third kappa shape index (κ3) is 4.94. The van der Waals surface area contributed by atoms with Gasteiger partial charge in [0.05, 0.1) is 19.8 Å². The van der Waals surface area contributed by atoms with Crippen molar-refractivity contribution in [2.75, 3.05) is 39.5 Å². The number of hydrogen-bond donors (Lipinski definition) is 2. The largest absolute Gasteiger partial charge is 0.465 e. The number of hydrogen-bond acceptors (Lipinski definition) is 5. The van der Waals surface area contributed by atoms with Crippen LogP contribution >= 0.6 is 0 Å². The fourth-order valence-electron chi connectivity index (χ4n) is 1.22. The SMILES string of the molecule is CCOC(=O)CNC(=O)NN1CCOCC1. The normalized spacial score (nSPS) is 16.6. The Morgan fingerprint density at radius 3 is 2.69 bits per heavy atom. The Hall–Kier alpha value is -1.34. The fraction of sp³-hybridized carbons (Fsp3) is 0.778. The molecule has 0 atom stereocenters. The molecule has 1 heterocycles. The maximum Gasteiger partial charge on any atom is 0.329 e. The maximum absolute atomic E-state index is 11.3. The van der Waals surface area contributed by atoms with Crippen LogP contribution in [0.15, 0.2) is 0 Å². The molecule has 0 aromatic carbocycles. The van der Waals surface area contributed by atoms with Gasteiger partial charge in [-0.05, 0) is 6.92 Å². The van der Waals surface area contributed by atoms with Gasteiger partial charge < -0.3 is 14.8 Å². The molecule has 0 unspecified atom stereocenters. The number of rotatable bonds is 4. The average Bonchev–Trinajstić information content (AvgIpc) is 2.28. The number of carbonyl (C=O) groups is 2. The molecule has 0 saturated carbocycles. The zero-order valence-corrected chi connectivity index (χ0v) is 9.32. The Morgan fingerprint density at radius 1 is 1.38 bits per heavy atom. The van der Waals surface area contributed by atoms with E-state index in [0.29, 0.717) is 32.9 Å². The Morgan fingerprint density at radius 2 is 2.06 bits per heavy atom. The number of nitrogens with zero attached hydrogens (tertiary/aromatic N) is 1. The van der Waals surface area contributed by atoms with Crippen LogP contribution < -0.4 is 10.7 Å². The summed E-state index contributed by atoms with van der Waals surface area (Å²) >= 11 is 0. The van der Waals surface area contributed by atoms with E-state index in [-0.39, 0.29) is 6.54 Å². The van der Waals surface area contributed by atoms with Crippen LogP contribution in [0.1, 0.15) is 6.92 Å². The minimum Gasteiger partial charge on any atom is -0.465 e. The Bertz CT molecular complexity index is 241. The molecule has 2 N–H and O–H groups in total. The average molecular weight is 231 g/mol. The van der Waals surface area contributed by atoms with Gasteiger partial charge >= 0.3 is 12.0 Å². The minimum atomic E-state index is -0.445. The quantitative estimate of drug-likeness (QED) is 0.613. The molecule has 1 aliphatic heterocycles. The summed E-state index contributed by atoms with van der Waals surface area (Å²) in [5.74, 6) is -0.445. The zero-order valence-electron chi connectivity index (χ0n) is 9.32. The lowest BCUT2D eigenvalue weighted by Crippen LogP contribution is -2.52. The molecule has 1 rings (SSSR count). The van der Waals surface area contributed by atoms with Gasteiger partial charge in [-0.15, -0.1) is 0 Å². The van der Waals surface area contributed by atoms with Crippen molar-refractivity contribution in [2.24, 2.45) is 0 Å². The van der Waals surface area contributed by atoms with Gasteiger partial charge in [-0.3, -0.25) is 10.2 Å². The molecule has 1 saturated heterocycles. The third-order valence-electron chi connectivity index (χ3n) is 1.97. The van der Waals surface area contributed by atoms with E-state index < -0.39 is 12.0 Å². The van der Waals surface area contributed by atoms with E-state index in [1.807, 2.05) is 0 Å². The number of esters is 1. The molecule has 7 heteroatoms. The molecule has 16 heavy (non-hydrogen) atoms. The second-order valence-corrected chi connectivity index (χ2v) is 3.20. The van der Waals surface area contributed by atoms with Crippen LogP contribution in [0.5, 0.6) is 0 Å². The van der Waals surface area contributed by atoms with Gasteiger partial charge in [-0.1, -0.05) is 0 Å². The first-order valence-electron chi connectivity index (χ1n) is 5.25. The van der Waals surface area contributed by atoms with E-state index in [9.17, 15) is 9.59 Å². The Balaban J connectivity index is 2.12. The first-order valence-corrected chi connectivity index (χ1v) is 5.25. The second kappa shape index (κ2) is 7.02. The highest BCUT2D eigenvalue weighted by molar-refractivity contribution is 5.80. The lowest BCUT2D eigenvalue weighted by Gasteiger charge is -2.26. The molecule has 0 aliphatic carbocycles. The smallest absolute Gasteiger partial charge is 0.329 e. The second-order valence-electron chi connectivity index (χ2n) is 3.20. The highest BCUT2D eigenvalue weighted by Gasteiger charge is 2.13. The monoisotopic (exact) mass is 231 g/mol. The van der Waals surface area contributed by atoms with Crippen molar-refractivity contribution in [1.29, 1.82) is 0 Å². The molecule has 1 aliphatic rings. The van der Waals surface area contributed by atoms with Gasteiger partial charge in [0.15, 0.2) is 0 Å². The van der Waals surface area contributed by atoms with Gasteiger partial charge in [-0.25, -0.2) is 9.80 Å². The van der Waals surface area contributed by atoms with Crippen LogP contribution in [0.4, 0.5) is 4.79 Å². The lowest BCUT2D eigenvalue weighted by atomic mass is 10.5. The van der Waals surface area contributed by atoms with E-state index >= 15 is 0 Å². The van der Waals surface area contributed by atoms with Crippen LogP contribution in [0.2, 0.25) is 0 Å². The van der Waals surface area contributed by atoms with Crippen molar-refractivity contribution in [3.05, 3.63) is 0 Å². The van der Waals surface area contributed by atoms with E-state index in [4.69, 9.17) is 4.74 Å². The number of hydrazine groups is 1. The maximum atomic E-state index is 11.3. The predicted molar refractivity (Wildman–Crippen MR) is 55.6 cm³/mol. The fourth-order valence-corrected chi connectivity index (χ4v) is 1.22. The van der Waals surface area contributed by atoms with E-state index in [1.165, 1.54) is 0 Å². The van der Waals surface area contributed by atoms with Gasteiger partial charge in [0, 0.05) is 13.1 Å². The summed E-state index contributed by atoms with van der Waals surface area (Å²) in [4.78, 5) is 22.2. The molecule has 7 nitrogen and oxygen atoms in total. The number of carbonyl (C=O) groups excluding carboxylic acids is 2. The molecule has 92 valence electrons.